The summed E-state index contributed by atoms with van der Waals surface area (Å²) in [6, 6.07) is 2.13. The number of carbonyl (C=O) groups excluding carboxylic acids is 1. The van der Waals surface area contributed by atoms with E-state index in [-0.39, 0.29) is 11.6 Å². The lowest BCUT2D eigenvalue weighted by molar-refractivity contribution is 0.0196. The number of carbonyl (C=O) groups is 1. The van der Waals surface area contributed by atoms with Gasteiger partial charge in [0.2, 0.25) is 0 Å². The number of cyclic esters (lactones) is 1. The number of ether oxygens (including phenoxy) is 1. The molecule has 0 aromatic carbocycles. The summed E-state index contributed by atoms with van der Waals surface area (Å²) in [7, 11) is 0. The van der Waals surface area contributed by atoms with Gasteiger partial charge in [-0.2, -0.15) is 0 Å². The number of thiophene rings is 1. The Morgan fingerprint density at radius 3 is 2.94 bits per heavy atom. The number of hydrogen-bond donors (Lipinski definition) is 0. The third-order valence-corrected chi connectivity index (χ3v) is 5.09. The van der Waals surface area contributed by atoms with Crippen molar-refractivity contribution in [2.24, 2.45) is 0 Å². The van der Waals surface area contributed by atoms with E-state index in [1.165, 1.54) is 10.4 Å². The molecule has 1 atom stereocenters. The van der Waals surface area contributed by atoms with Crippen molar-refractivity contribution in [2.75, 3.05) is 6.54 Å². The van der Waals surface area contributed by atoms with E-state index >= 15 is 0 Å². The first-order valence-electron chi connectivity index (χ1n) is 5.54. The molecule has 0 bridgehead atoms. The largest absolute Gasteiger partial charge is 0.440 e. The molecule has 86 valence electrons. The van der Waals surface area contributed by atoms with Gasteiger partial charge in [0.25, 0.3) is 0 Å². The van der Waals surface area contributed by atoms with Gasteiger partial charge in [-0.25, -0.2) is 4.79 Å². The van der Waals surface area contributed by atoms with Crippen LogP contribution in [-0.4, -0.2) is 23.1 Å². The van der Waals surface area contributed by atoms with E-state index in [4.69, 9.17) is 4.74 Å². The SMILES string of the molecule is CC1(C)OC(=O)N2CCc3sccc3[C@@]21C. The predicted octanol–water partition coefficient (Wildman–Crippen LogP) is 2.75. The molecule has 2 aliphatic rings. The Morgan fingerprint density at radius 2 is 2.19 bits per heavy atom. The van der Waals surface area contributed by atoms with Gasteiger partial charge in [0.05, 0.1) is 0 Å². The molecule has 4 heteroatoms. The van der Waals surface area contributed by atoms with Crippen molar-refractivity contribution in [2.45, 2.75) is 38.3 Å². The summed E-state index contributed by atoms with van der Waals surface area (Å²) in [6.45, 7) is 6.88. The van der Waals surface area contributed by atoms with Crippen LogP contribution < -0.4 is 0 Å². The van der Waals surface area contributed by atoms with Crippen molar-refractivity contribution in [1.29, 1.82) is 0 Å². The lowest BCUT2D eigenvalue weighted by Crippen LogP contribution is -2.53. The molecular weight excluding hydrogens is 222 g/mol. The Bertz CT molecular complexity index is 465. The van der Waals surface area contributed by atoms with Crippen molar-refractivity contribution in [3.8, 4) is 0 Å². The van der Waals surface area contributed by atoms with E-state index in [0.717, 1.165) is 13.0 Å². The molecule has 1 aromatic rings. The van der Waals surface area contributed by atoms with Gasteiger partial charge in [0, 0.05) is 11.4 Å². The van der Waals surface area contributed by atoms with Crippen LogP contribution in [0.25, 0.3) is 0 Å². The highest BCUT2D eigenvalue weighted by Crippen LogP contribution is 2.50. The molecule has 2 aliphatic heterocycles. The number of rotatable bonds is 0. The van der Waals surface area contributed by atoms with Crippen LogP contribution in [0, 0.1) is 0 Å². The van der Waals surface area contributed by atoms with Gasteiger partial charge in [-0.05, 0) is 44.2 Å². The molecule has 0 radical (unpaired) electrons. The first kappa shape index (κ1) is 10.1. The standard InChI is InChI=1S/C12H15NO2S/c1-11(2)12(3)8-5-7-16-9(8)4-6-13(12)10(14)15-11/h5,7H,4,6H2,1-3H3/t12-/m1/s1. The van der Waals surface area contributed by atoms with Crippen molar-refractivity contribution >= 4 is 17.4 Å². The van der Waals surface area contributed by atoms with Crippen molar-refractivity contribution in [3.63, 3.8) is 0 Å². The molecule has 0 spiro atoms. The summed E-state index contributed by atoms with van der Waals surface area (Å²) < 4.78 is 5.52. The average molecular weight is 237 g/mol. The topological polar surface area (TPSA) is 29.5 Å². The molecule has 16 heavy (non-hydrogen) atoms. The van der Waals surface area contributed by atoms with Crippen LogP contribution >= 0.6 is 11.3 Å². The highest BCUT2D eigenvalue weighted by molar-refractivity contribution is 7.10. The highest BCUT2D eigenvalue weighted by Gasteiger charge is 2.60. The Morgan fingerprint density at radius 1 is 1.44 bits per heavy atom. The van der Waals surface area contributed by atoms with E-state index in [1.807, 2.05) is 18.7 Å². The lowest BCUT2D eigenvalue weighted by atomic mass is 9.75. The summed E-state index contributed by atoms with van der Waals surface area (Å²) in [4.78, 5) is 15.1. The van der Waals surface area contributed by atoms with Gasteiger partial charge < -0.3 is 4.74 Å². The second-order valence-electron chi connectivity index (χ2n) is 5.11. The zero-order chi connectivity index (χ0) is 11.6. The van der Waals surface area contributed by atoms with E-state index < -0.39 is 5.60 Å². The zero-order valence-electron chi connectivity index (χ0n) is 9.74. The van der Waals surface area contributed by atoms with Gasteiger partial charge in [-0.3, -0.25) is 4.90 Å². The van der Waals surface area contributed by atoms with Crippen molar-refractivity contribution in [1.82, 2.24) is 4.90 Å². The molecule has 0 aliphatic carbocycles. The minimum atomic E-state index is -0.458. The Labute approximate surface area is 99.0 Å². The molecule has 1 amide bonds. The number of hydrogen-bond acceptors (Lipinski definition) is 3. The van der Waals surface area contributed by atoms with Gasteiger partial charge in [-0.15, -0.1) is 11.3 Å². The van der Waals surface area contributed by atoms with Crippen molar-refractivity contribution in [3.05, 3.63) is 21.9 Å². The minimum Gasteiger partial charge on any atom is -0.440 e. The van der Waals surface area contributed by atoms with Crippen LogP contribution in [0.15, 0.2) is 11.4 Å². The third-order valence-electron chi connectivity index (χ3n) is 4.11. The predicted molar refractivity (Wildman–Crippen MR) is 62.6 cm³/mol. The summed E-state index contributed by atoms with van der Waals surface area (Å²) in [6.07, 6.45) is 0.776. The normalized spacial score (nSPS) is 30.9. The fraction of sp³-hybridized carbons (Fsp3) is 0.583. The third kappa shape index (κ3) is 0.961. The van der Waals surface area contributed by atoms with Crippen LogP contribution in [0.4, 0.5) is 4.79 Å². The molecule has 1 fully saturated rings. The lowest BCUT2D eigenvalue weighted by Gasteiger charge is -2.43. The second kappa shape index (κ2) is 2.80. The molecule has 3 heterocycles. The molecule has 0 saturated carbocycles. The molecular formula is C12H15NO2S. The molecule has 0 unspecified atom stereocenters. The fourth-order valence-electron chi connectivity index (χ4n) is 2.85. The first-order valence-corrected chi connectivity index (χ1v) is 6.42. The van der Waals surface area contributed by atoms with Crippen LogP contribution in [0.1, 0.15) is 31.2 Å². The Balaban J connectivity index is 2.23. The second-order valence-corrected chi connectivity index (χ2v) is 6.11. The van der Waals surface area contributed by atoms with Gasteiger partial charge in [0.15, 0.2) is 0 Å². The number of amides is 1. The fourth-order valence-corrected chi connectivity index (χ4v) is 3.82. The molecule has 1 aromatic heterocycles. The van der Waals surface area contributed by atoms with Crippen LogP contribution in [0.2, 0.25) is 0 Å². The molecule has 0 N–H and O–H groups in total. The molecule has 3 nitrogen and oxygen atoms in total. The van der Waals surface area contributed by atoms with Crippen LogP contribution in [-0.2, 0) is 16.7 Å². The van der Waals surface area contributed by atoms with E-state index in [9.17, 15) is 4.79 Å². The zero-order valence-corrected chi connectivity index (χ0v) is 10.6. The molecule has 1 saturated heterocycles. The maximum Gasteiger partial charge on any atom is 0.411 e. The van der Waals surface area contributed by atoms with E-state index in [1.54, 1.807) is 11.3 Å². The van der Waals surface area contributed by atoms with E-state index in [2.05, 4.69) is 18.4 Å². The molecule has 3 rings (SSSR count). The summed E-state index contributed by atoms with van der Waals surface area (Å²) in [5.41, 5.74) is 0.498. The summed E-state index contributed by atoms with van der Waals surface area (Å²) >= 11 is 1.78. The summed E-state index contributed by atoms with van der Waals surface area (Å²) in [5.74, 6) is 0. The summed E-state index contributed by atoms with van der Waals surface area (Å²) in [5, 5.41) is 2.11. The average Bonchev–Trinajstić information content (AvgIpc) is 2.70. The maximum atomic E-state index is 11.9. The number of nitrogens with zero attached hydrogens (tertiary/aromatic N) is 1. The van der Waals surface area contributed by atoms with E-state index in [0.29, 0.717) is 0 Å². The van der Waals surface area contributed by atoms with Crippen LogP contribution in [0.5, 0.6) is 0 Å². The van der Waals surface area contributed by atoms with Crippen LogP contribution in [0.3, 0.4) is 0 Å². The minimum absolute atomic E-state index is 0.177. The van der Waals surface area contributed by atoms with Gasteiger partial charge >= 0.3 is 6.09 Å². The monoisotopic (exact) mass is 237 g/mol. The maximum absolute atomic E-state index is 11.9. The van der Waals surface area contributed by atoms with Gasteiger partial charge in [0.1, 0.15) is 11.1 Å². The first-order chi connectivity index (χ1) is 7.47. The number of fused-ring (bicyclic) bond motifs is 3. The Hall–Kier alpha value is -1.03. The quantitative estimate of drug-likeness (QED) is 0.694. The highest BCUT2D eigenvalue weighted by atomic mass is 32.1. The Kier molecular flexibility index (Phi) is 1.78. The van der Waals surface area contributed by atoms with Crippen molar-refractivity contribution < 1.29 is 9.53 Å². The van der Waals surface area contributed by atoms with Gasteiger partial charge in [-0.1, -0.05) is 0 Å². The smallest absolute Gasteiger partial charge is 0.411 e.